The van der Waals surface area contributed by atoms with Gasteiger partial charge in [-0.3, -0.25) is 9.79 Å². The first-order valence-electron chi connectivity index (χ1n) is 10.4. The van der Waals surface area contributed by atoms with E-state index in [0.29, 0.717) is 5.92 Å². The van der Waals surface area contributed by atoms with E-state index in [9.17, 15) is 4.79 Å². The monoisotopic (exact) mass is 389 g/mol. The van der Waals surface area contributed by atoms with E-state index in [1.54, 1.807) is 0 Å². The van der Waals surface area contributed by atoms with E-state index in [4.69, 9.17) is 14.5 Å². The van der Waals surface area contributed by atoms with Gasteiger partial charge in [-0.25, -0.2) is 0 Å². The van der Waals surface area contributed by atoms with Crippen molar-refractivity contribution in [2.45, 2.75) is 40.0 Å². The molecule has 1 aliphatic heterocycles. The number of carbonyl (C=O) groups excluding carboxylic acids is 1. The van der Waals surface area contributed by atoms with Gasteiger partial charge < -0.3 is 19.7 Å². The maximum Gasteiger partial charge on any atom is 0.308 e. The maximum atomic E-state index is 11.7. The molecule has 1 aromatic rings. The van der Waals surface area contributed by atoms with Crippen molar-refractivity contribution < 1.29 is 14.3 Å². The number of methoxy groups -OCH3 is 1. The summed E-state index contributed by atoms with van der Waals surface area (Å²) in [4.78, 5) is 18.7. The van der Waals surface area contributed by atoms with E-state index < -0.39 is 0 Å². The number of rotatable bonds is 8. The maximum absolute atomic E-state index is 11.7. The van der Waals surface area contributed by atoms with Gasteiger partial charge in [0.15, 0.2) is 5.96 Å². The third-order valence-corrected chi connectivity index (χ3v) is 4.83. The molecule has 2 rings (SSSR count). The van der Waals surface area contributed by atoms with Crippen LogP contribution in [0.4, 0.5) is 0 Å². The number of esters is 1. The van der Waals surface area contributed by atoms with Gasteiger partial charge in [0.2, 0.25) is 0 Å². The second-order valence-corrected chi connectivity index (χ2v) is 7.62. The average molecular weight is 390 g/mol. The van der Waals surface area contributed by atoms with Crippen LogP contribution in [0.15, 0.2) is 29.3 Å². The number of likely N-dealkylation sites (tertiary alicyclic amines) is 1. The highest BCUT2D eigenvalue weighted by Gasteiger charge is 2.26. The van der Waals surface area contributed by atoms with Gasteiger partial charge in [0.05, 0.1) is 19.6 Å². The number of hydrogen-bond acceptors (Lipinski definition) is 4. The summed E-state index contributed by atoms with van der Waals surface area (Å²) in [6, 6.07) is 8.29. The number of ether oxygens (including phenoxy) is 2. The minimum absolute atomic E-state index is 0.0144. The second-order valence-electron chi connectivity index (χ2n) is 7.62. The van der Waals surface area contributed by atoms with Gasteiger partial charge in [-0.15, -0.1) is 0 Å². The largest absolute Gasteiger partial charge is 0.493 e. The van der Waals surface area contributed by atoms with Gasteiger partial charge in [-0.05, 0) is 49.8 Å². The molecule has 0 saturated carbocycles. The lowest BCUT2D eigenvalue weighted by Crippen LogP contribution is -2.46. The van der Waals surface area contributed by atoms with Crippen LogP contribution in [0.25, 0.3) is 0 Å². The molecule has 0 aliphatic carbocycles. The average Bonchev–Trinajstić information content (AvgIpc) is 2.72. The molecule has 0 spiro atoms. The van der Waals surface area contributed by atoms with Crippen molar-refractivity contribution in [2.75, 3.05) is 39.9 Å². The number of nitrogens with zero attached hydrogens (tertiary/aromatic N) is 2. The third-order valence-electron chi connectivity index (χ3n) is 4.83. The number of aliphatic imine (C=N–C) groups is 1. The molecule has 1 aliphatic rings. The number of hydrogen-bond donors (Lipinski definition) is 1. The number of carbonyl (C=O) groups is 1. The Labute approximate surface area is 169 Å². The van der Waals surface area contributed by atoms with Crippen molar-refractivity contribution in [1.29, 1.82) is 0 Å². The molecule has 1 N–H and O–H groups in total. The first-order chi connectivity index (χ1) is 13.5. The standard InChI is InChI=1S/C22H35N3O3/c1-5-23-22(25-14-11-19(12-15-25)21(26)27-4)24-13-10-18-6-8-20(9-7-18)28-16-17(2)3/h6-9,17,19H,5,10-16H2,1-4H3,(H,23,24). The third kappa shape index (κ3) is 7.06. The van der Waals surface area contributed by atoms with Crippen molar-refractivity contribution in [3.8, 4) is 5.75 Å². The van der Waals surface area contributed by atoms with Crippen molar-refractivity contribution in [3.63, 3.8) is 0 Å². The topological polar surface area (TPSA) is 63.2 Å². The Bertz CT molecular complexity index is 620. The van der Waals surface area contributed by atoms with E-state index in [0.717, 1.165) is 63.8 Å². The fraction of sp³-hybridized carbons (Fsp3) is 0.636. The zero-order valence-corrected chi connectivity index (χ0v) is 17.7. The van der Waals surface area contributed by atoms with Crippen LogP contribution in [0.3, 0.4) is 0 Å². The van der Waals surface area contributed by atoms with Gasteiger partial charge in [0.1, 0.15) is 5.75 Å². The Hall–Kier alpha value is -2.24. The molecule has 156 valence electrons. The van der Waals surface area contributed by atoms with Gasteiger partial charge in [-0.2, -0.15) is 0 Å². The summed E-state index contributed by atoms with van der Waals surface area (Å²) in [6.45, 7) is 10.3. The Morgan fingerprint density at radius 2 is 1.93 bits per heavy atom. The first kappa shape index (κ1) is 22.1. The zero-order chi connectivity index (χ0) is 20.4. The van der Waals surface area contributed by atoms with Crippen LogP contribution >= 0.6 is 0 Å². The van der Waals surface area contributed by atoms with Crippen LogP contribution < -0.4 is 10.1 Å². The lowest BCUT2D eigenvalue weighted by atomic mass is 9.97. The highest BCUT2D eigenvalue weighted by molar-refractivity contribution is 5.80. The van der Waals surface area contributed by atoms with Gasteiger partial charge in [-0.1, -0.05) is 26.0 Å². The minimum Gasteiger partial charge on any atom is -0.493 e. The predicted octanol–water partition coefficient (Wildman–Crippen LogP) is 3.11. The second kappa shape index (κ2) is 11.6. The lowest BCUT2D eigenvalue weighted by molar-refractivity contribution is -0.146. The molecule has 6 heteroatoms. The van der Waals surface area contributed by atoms with Gasteiger partial charge in [0, 0.05) is 26.2 Å². The van der Waals surface area contributed by atoms with Crippen LogP contribution in [0.5, 0.6) is 5.75 Å². The summed E-state index contributed by atoms with van der Waals surface area (Å²) in [7, 11) is 1.46. The zero-order valence-electron chi connectivity index (χ0n) is 17.7. The Balaban J connectivity index is 1.85. The van der Waals surface area contributed by atoms with Crippen molar-refractivity contribution in [1.82, 2.24) is 10.2 Å². The quantitative estimate of drug-likeness (QED) is 0.420. The molecule has 1 aromatic carbocycles. The fourth-order valence-corrected chi connectivity index (χ4v) is 3.23. The number of benzene rings is 1. The molecule has 0 unspecified atom stereocenters. The van der Waals surface area contributed by atoms with Crippen LogP contribution in [0, 0.1) is 11.8 Å². The number of guanidine groups is 1. The van der Waals surface area contributed by atoms with E-state index in [1.807, 2.05) is 12.1 Å². The van der Waals surface area contributed by atoms with E-state index >= 15 is 0 Å². The van der Waals surface area contributed by atoms with Crippen molar-refractivity contribution in [2.24, 2.45) is 16.8 Å². The Morgan fingerprint density at radius 3 is 2.50 bits per heavy atom. The molecule has 1 saturated heterocycles. The van der Waals surface area contributed by atoms with E-state index in [1.165, 1.54) is 12.7 Å². The van der Waals surface area contributed by atoms with Crippen LogP contribution in [-0.2, 0) is 16.0 Å². The normalized spacial score (nSPS) is 15.6. The molecule has 6 nitrogen and oxygen atoms in total. The summed E-state index contributed by atoms with van der Waals surface area (Å²) in [6.07, 6.45) is 2.52. The summed E-state index contributed by atoms with van der Waals surface area (Å²) < 4.78 is 10.6. The SMILES string of the molecule is CCNC(=NCCc1ccc(OCC(C)C)cc1)N1CCC(C(=O)OC)CC1. The van der Waals surface area contributed by atoms with E-state index in [-0.39, 0.29) is 11.9 Å². The summed E-state index contributed by atoms with van der Waals surface area (Å²) >= 11 is 0. The smallest absolute Gasteiger partial charge is 0.308 e. The van der Waals surface area contributed by atoms with Crippen molar-refractivity contribution >= 4 is 11.9 Å². The van der Waals surface area contributed by atoms with Crippen LogP contribution in [0.2, 0.25) is 0 Å². The minimum atomic E-state index is -0.0950. The van der Waals surface area contributed by atoms with Crippen LogP contribution in [0.1, 0.15) is 39.2 Å². The lowest BCUT2D eigenvalue weighted by Gasteiger charge is -2.33. The predicted molar refractivity (Wildman–Crippen MR) is 113 cm³/mol. The Morgan fingerprint density at radius 1 is 1.25 bits per heavy atom. The van der Waals surface area contributed by atoms with Gasteiger partial charge >= 0.3 is 5.97 Å². The van der Waals surface area contributed by atoms with Crippen molar-refractivity contribution in [3.05, 3.63) is 29.8 Å². The molecular weight excluding hydrogens is 354 g/mol. The highest BCUT2D eigenvalue weighted by atomic mass is 16.5. The molecule has 0 radical (unpaired) electrons. The van der Waals surface area contributed by atoms with E-state index in [2.05, 4.69) is 43.1 Å². The molecule has 0 atom stereocenters. The summed E-state index contributed by atoms with van der Waals surface area (Å²) in [5, 5.41) is 3.37. The molecule has 28 heavy (non-hydrogen) atoms. The molecule has 1 fully saturated rings. The number of piperidine rings is 1. The number of nitrogens with one attached hydrogen (secondary N) is 1. The van der Waals surface area contributed by atoms with Gasteiger partial charge in [0.25, 0.3) is 0 Å². The summed E-state index contributed by atoms with van der Waals surface area (Å²) in [5.74, 6) is 2.30. The highest BCUT2D eigenvalue weighted by Crippen LogP contribution is 2.18. The molecule has 0 amide bonds. The summed E-state index contributed by atoms with van der Waals surface area (Å²) in [5.41, 5.74) is 1.25. The molecular formula is C22H35N3O3. The Kier molecular flexibility index (Phi) is 9.11. The fourth-order valence-electron chi connectivity index (χ4n) is 3.23. The molecule has 0 aromatic heterocycles. The molecule has 1 heterocycles. The first-order valence-corrected chi connectivity index (χ1v) is 10.4. The molecule has 0 bridgehead atoms. The van der Waals surface area contributed by atoms with Crippen LogP contribution in [-0.4, -0.2) is 56.7 Å².